The first kappa shape index (κ1) is 10.4. The van der Waals surface area contributed by atoms with Crippen molar-refractivity contribution in [3.8, 4) is 12.1 Å². The van der Waals surface area contributed by atoms with Crippen molar-refractivity contribution in [1.82, 2.24) is 4.90 Å². The van der Waals surface area contributed by atoms with Crippen molar-refractivity contribution in [2.45, 2.75) is 13.0 Å². The summed E-state index contributed by atoms with van der Waals surface area (Å²) in [6.07, 6.45) is 0. The Bertz CT molecular complexity index is 221. The van der Waals surface area contributed by atoms with Crippen molar-refractivity contribution >= 4 is 5.91 Å². The van der Waals surface area contributed by atoms with Crippen molar-refractivity contribution in [1.29, 1.82) is 10.5 Å². The number of hydrogen-bond acceptors (Lipinski definition) is 4. The molecule has 0 aliphatic rings. The first-order valence-corrected chi connectivity index (χ1v) is 3.40. The number of amides is 1. The van der Waals surface area contributed by atoms with Crippen LogP contribution in [0, 0.1) is 22.7 Å². The van der Waals surface area contributed by atoms with E-state index in [1.807, 2.05) is 12.1 Å². The van der Waals surface area contributed by atoms with Gasteiger partial charge in [0.05, 0.1) is 31.3 Å². The highest BCUT2D eigenvalue weighted by Gasteiger charge is 2.17. The van der Waals surface area contributed by atoms with Crippen LogP contribution in [0.4, 0.5) is 0 Å². The summed E-state index contributed by atoms with van der Waals surface area (Å²) >= 11 is 0. The van der Waals surface area contributed by atoms with Gasteiger partial charge in [0.25, 0.3) is 0 Å². The molecule has 5 heteroatoms. The summed E-state index contributed by atoms with van der Waals surface area (Å²) in [5.74, 6) is -0.527. The van der Waals surface area contributed by atoms with Crippen LogP contribution in [0.2, 0.25) is 0 Å². The van der Waals surface area contributed by atoms with Gasteiger partial charge in [-0.1, -0.05) is 0 Å². The summed E-state index contributed by atoms with van der Waals surface area (Å²) in [6, 6.07) is 3.15. The largest absolute Gasteiger partial charge is 0.368 e. The van der Waals surface area contributed by atoms with E-state index in [1.54, 1.807) is 6.92 Å². The molecule has 0 heterocycles. The minimum absolute atomic E-state index is 0.0394. The fourth-order valence-corrected chi connectivity index (χ4v) is 0.691. The maximum absolute atomic E-state index is 10.7. The molecular weight excluding hydrogens is 156 g/mol. The molecule has 0 rings (SSSR count). The van der Waals surface area contributed by atoms with Crippen molar-refractivity contribution in [2.75, 3.05) is 13.1 Å². The lowest BCUT2D eigenvalue weighted by molar-refractivity contribution is -0.122. The van der Waals surface area contributed by atoms with Gasteiger partial charge in [0.1, 0.15) is 0 Å². The normalized spacial score (nSPS) is 11.7. The summed E-state index contributed by atoms with van der Waals surface area (Å²) in [5.41, 5.74) is 5.00. The molecule has 2 N–H and O–H groups in total. The van der Waals surface area contributed by atoms with E-state index in [0.717, 1.165) is 0 Å². The molecule has 0 saturated heterocycles. The summed E-state index contributed by atoms with van der Waals surface area (Å²) in [7, 11) is 0. The minimum Gasteiger partial charge on any atom is -0.368 e. The monoisotopic (exact) mass is 166 g/mol. The SMILES string of the molecule is CC(C(N)=O)N(CC#N)CC#N. The van der Waals surface area contributed by atoms with Crippen LogP contribution in [0.5, 0.6) is 0 Å². The average molecular weight is 166 g/mol. The Morgan fingerprint density at radius 1 is 1.50 bits per heavy atom. The molecule has 0 fully saturated rings. The lowest BCUT2D eigenvalue weighted by Crippen LogP contribution is -2.43. The van der Waals surface area contributed by atoms with Gasteiger partial charge in [-0.25, -0.2) is 0 Å². The van der Waals surface area contributed by atoms with E-state index < -0.39 is 11.9 Å². The van der Waals surface area contributed by atoms with Gasteiger partial charge in [0.2, 0.25) is 5.91 Å². The zero-order valence-corrected chi connectivity index (χ0v) is 6.82. The Balaban J connectivity index is 4.22. The molecule has 1 atom stereocenters. The molecule has 0 saturated carbocycles. The van der Waals surface area contributed by atoms with Crippen LogP contribution >= 0.6 is 0 Å². The maximum atomic E-state index is 10.7. The lowest BCUT2D eigenvalue weighted by atomic mass is 10.2. The van der Waals surface area contributed by atoms with Crippen LogP contribution in [0.3, 0.4) is 0 Å². The van der Waals surface area contributed by atoms with E-state index in [1.165, 1.54) is 4.90 Å². The smallest absolute Gasteiger partial charge is 0.234 e. The first-order valence-electron chi connectivity index (χ1n) is 3.40. The number of rotatable bonds is 4. The molecule has 0 spiro atoms. The minimum atomic E-state index is -0.565. The van der Waals surface area contributed by atoms with Gasteiger partial charge in [-0.15, -0.1) is 0 Å². The molecular formula is C7H10N4O. The molecule has 0 aliphatic heterocycles. The highest BCUT2D eigenvalue weighted by molar-refractivity contribution is 5.79. The number of primary amides is 1. The maximum Gasteiger partial charge on any atom is 0.234 e. The van der Waals surface area contributed by atoms with E-state index in [2.05, 4.69) is 0 Å². The topological polar surface area (TPSA) is 93.9 Å². The number of carbonyl (C=O) groups is 1. The Hall–Kier alpha value is -1.59. The lowest BCUT2D eigenvalue weighted by Gasteiger charge is -2.20. The molecule has 0 aromatic heterocycles. The third kappa shape index (κ3) is 3.00. The van der Waals surface area contributed by atoms with E-state index in [4.69, 9.17) is 16.3 Å². The predicted octanol–water partition coefficient (Wildman–Crippen LogP) is -0.791. The third-order valence-corrected chi connectivity index (χ3v) is 1.51. The highest BCUT2D eigenvalue weighted by Crippen LogP contribution is 1.95. The number of nitriles is 2. The van der Waals surface area contributed by atoms with Crippen molar-refractivity contribution in [3.63, 3.8) is 0 Å². The fraction of sp³-hybridized carbons (Fsp3) is 0.571. The molecule has 0 aliphatic carbocycles. The van der Waals surface area contributed by atoms with Crippen molar-refractivity contribution < 1.29 is 4.79 Å². The second kappa shape index (κ2) is 5.11. The number of hydrogen-bond donors (Lipinski definition) is 1. The van der Waals surface area contributed by atoms with Gasteiger partial charge in [-0.05, 0) is 6.92 Å². The summed E-state index contributed by atoms with van der Waals surface area (Å²) in [5, 5.41) is 16.7. The van der Waals surface area contributed by atoms with Crippen molar-refractivity contribution in [2.24, 2.45) is 5.73 Å². The second-order valence-corrected chi connectivity index (χ2v) is 2.30. The second-order valence-electron chi connectivity index (χ2n) is 2.30. The number of nitrogens with zero attached hydrogens (tertiary/aromatic N) is 3. The first-order chi connectivity index (χ1) is 5.63. The van der Waals surface area contributed by atoms with E-state index >= 15 is 0 Å². The number of carbonyl (C=O) groups excluding carboxylic acids is 1. The zero-order chi connectivity index (χ0) is 9.56. The molecule has 0 aromatic rings. The molecule has 1 unspecified atom stereocenters. The van der Waals surface area contributed by atoms with Crippen LogP contribution < -0.4 is 5.73 Å². The van der Waals surface area contributed by atoms with Crippen molar-refractivity contribution in [3.05, 3.63) is 0 Å². The van der Waals surface area contributed by atoms with Crippen LogP contribution in [-0.4, -0.2) is 29.9 Å². The fourth-order valence-electron chi connectivity index (χ4n) is 0.691. The van der Waals surface area contributed by atoms with Gasteiger partial charge in [0, 0.05) is 0 Å². The molecule has 5 nitrogen and oxygen atoms in total. The summed E-state index contributed by atoms with van der Waals surface area (Å²) < 4.78 is 0. The van der Waals surface area contributed by atoms with Crippen LogP contribution in [0.1, 0.15) is 6.92 Å². The summed E-state index contributed by atoms with van der Waals surface area (Å²) in [4.78, 5) is 12.1. The third-order valence-electron chi connectivity index (χ3n) is 1.51. The number of nitrogens with two attached hydrogens (primary N) is 1. The zero-order valence-electron chi connectivity index (χ0n) is 6.82. The van der Waals surface area contributed by atoms with Gasteiger partial charge < -0.3 is 5.73 Å². The van der Waals surface area contributed by atoms with Gasteiger partial charge >= 0.3 is 0 Å². The van der Waals surface area contributed by atoms with E-state index in [0.29, 0.717) is 0 Å². The Labute approximate surface area is 71.0 Å². The summed E-state index contributed by atoms with van der Waals surface area (Å²) in [6.45, 7) is 1.65. The Morgan fingerprint density at radius 3 is 2.17 bits per heavy atom. The molecule has 0 bridgehead atoms. The van der Waals surface area contributed by atoms with Gasteiger partial charge in [-0.2, -0.15) is 10.5 Å². The Kier molecular flexibility index (Phi) is 4.43. The molecule has 64 valence electrons. The van der Waals surface area contributed by atoms with Crippen LogP contribution in [-0.2, 0) is 4.79 Å². The van der Waals surface area contributed by atoms with Gasteiger partial charge in [0.15, 0.2) is 0 Å². The van der Waals surface area contributed by atoms with E-state index in [9.17, 15) is 4.79 Å². The average Bonchev–Trinajstić information content (AvgIpc) is 2.03. The van der Waals surface area contributed by atoms with Gasteiger partial charge in [-0.3, -0.25) is 9.69 Å². The molecule has 12 heavy (non-hydrogen) atoms. The van der Waals surface area contributed by atoms with Crippen LogP contribution in [0.25, 0.3) is 0 Å². The van der Waals surface area contributed by atoms with E-state index in [-0.39, 0.29) is 13.1 Å². The molecule has 0 aromatic carbocycles. The Morgan fingerprint density at radius 2 is 1.92 bits per heavy atom. The quantitative estimate of drug-likeness (QED) is 0.554. The molecule has 1 amide bonds. The predicted molar refractivity (Wildman–Crippen MR) is 41.5 cm³/mol. The standard InChI is InChI=1S/C7H10N4O/c1-6(7(10)12)11(4-2-8)5-3-9/h6H,4-5H2,1H3,(H2,10,12). The molecule has 0 radical (unpaired) electrons. The highest BCUT2D eigenvalue weighted by atomic mass is 16.1. The van der Waals surface area contributed by atoms with Crippen LogP contribution in [0.15, 0.2) is 0 Å².